The Bertz CT molecular complexity index is 806. The molecule has 0 spiro atoms. The summed E-state index contributed by atoms with van der Waals surface area (Å²) in [4.78, 5) is 16.4. The van der Waals surface area contributed by atoms with E-state index in [0.717, 1.165) is 11.4 Å². The smallest absolute Gasteiger partial charge is 0.242 e. The van der Waals surface area contributed by atoms with Gasteiger partial charge in [-0.15, -0.1) is 24.0 Å². The van der Waals surface area contributed by atoms with E-state index in [2.05, 4.69) is 25.7 Å². The molecule has 0 fully saturated rings. The minimum absolute atomic E-state index is 0. The second-order valence-corrected chi connectivity index (χ2v) is 10.1. The van der Waals surface area contributed by atoms with E-state index in [9.17, 15) is 13.2 Å². The topological polar surface area (TPSA) is 121 Å². The van der Waals surface area contributed by atoms with Gasteiger partial charge in [0, 0.05) is 24.3 Å². The third-order valence-corrected chi connectivity index (χ3v) is 4.91. The van der Waals surface area contributed by atoms with Crippen LogP contribution in [0, 0.1) is 0 Å². The number of aliphatic imine (C=N–C) groups is 1. The van der Waals surface area contributed by atoms with Crippen molar-refractivity contribution in [2.45, 2.75) is 53.2 Å². The highest BCUT2D eigenvalue weighted by Crippen LogP contribution is 2.16. The molecule has 9 nitrogen and oxygen atoms in total. The molecule has 4 N–H and O–H groups in total. The molecule has 0 bridgehead atoms. The van der Waals surface area contributed by atoms with Gasteiger partial charge in [-0.05, 0) is 65.8 Å². The second kappa shape index (κ2) is 13.7. The van der Waals surface area contributed by atoms with Gasteiger partial charge in [0.1, 0.15) is 12.3 Å². The number of benzene rings is 1. The molecule has 1 rings (SSSR count). The molecule has 178 valence electrons. The van der Waals surface area contributed by atoms with E-state index < -0.39 is 10.0 Å². The van der Waals surface area contributed by atoms with Crippen molar-refractivity contribution in [2.24, 2.45) is 4.99 Å². The number of carbonyl (C=O) groups excluding carboxylic acids is 1. The summed E-state index contributed by atoms with van der Waals surface area (Å²) < 4.78 is 31.2. The number of halogens is 1. The number of carbonyl (C=O) groups is 1. The summed E-state index contributed by atoms with van der Waals surface area (Å²) in [6.45, 7) is 11.6. The Balaban J connectivity index is 0.00000900. The van der Waals surface area contributed by atoms with Crippen LogP contribution >= 0.6 is 24.0 Å². The van der Waals surface area contributed by atoms with E-state index in [0.29, 0.717) is 12.5 Å². The predicted molar refractivity (Wildman–Crippen MR) is 137 cm³/mol. The van der Waals surface area contributed by atoms with Crippen molar-refractivity contribution in [3.8, 4) is 5.75 Å². The third kappa shape index (κ3) is 14.2. The van der Waals surface area contributed by atoms with E-state index in [1.54, 1.807) is 6.92 Å². The predicted octanol–water partition coefficient (Wildman–Crippen LogP) is 2.30. The van der Waals surface area contributed by atoms with Gasteiger partial charge < -0.3 is 20.7 Å². The SMILES string of the molecule is CCS(=O)(=O)NCCNC(=NCC(=O)NC(C)(C)C)Nc1ccc(OC(C)C)cc1.I. The molecule has 0 atom stereocenters. The number of sulfonamides is 1. The number of rotatable bonds is 10. The van der Waals surface area contributed by atoms with Crippen LogP contribution in [0.2, 0.25) is 0 Å². The number of nitrogens with one attached hydrogen (secondary N) is 4. The second-order valence-electron chi connectivity index (χ2n) is 8.00. The summed E-state index contributed by atoms with van der Waals surface area (Å²) >= 11 is 0. The van der Waals surface area contributed by atoms with Crippen LogP contribution in [0.1, 0.15) is 41.5 Å². The van der Waals surface area contributed by atoms with Crippen LogP contribution in [0.4, 0.5) is 5.69 Å². The maximum absolute atomic E-state index is 12.1. The first-order chi connectivity index (χ1) is 13.9. The van der Waals surface area contributed by atoms with Crippen molar-refractivity contribution in [3.63, 3.8) is 0 Å². The van der Waals surface area contributed by atoms with Crippen LogP contribution in [-0.4, -0.2) is 57.3 Å². The molecule has 0 aliphatic rings. The lowest BCUT2D eigenvalue weighted by Crippen LogP contribution is -2.43. The number of hydrogen-bond acceptors (Lipinski definition) is 5. The quantitative estimate of drug-likeness (QED) is 0.149. The summed E-state index contributed by atoms with van der Waals surface area (Å²) in [5, 5.41) is 9.00. The van der Waals surface area contributed by atoms with Crippen LogP contribution in [0.15, 0.2) is 29.3 Å². The molecule has 31 heavy (non-hydrogen) atoms. The van der Waals surface area contributed by atoms with E-state index >= 15 is 0 Å². The summed E-state index contributed by atoms with van der Waals surface area (Å²) in [7, 11) is -3.27. The first-order valence-corrected chi connectivity index (χ1v) is 11.7. The van der Waals surface area contributed by atoms with Crippen LogP contribution in [0.5, 0.6) is 5.75 Å². The monoisotopic (exact) mass is 569 g/mol. The highest BCUT2D eigenvalue weighted by atomic mass is 127. The molecule has 0 radical (unpaired) electrons. The van der Waals surface area contributed by atoms with Gasteiger partial charge in [0.15, 0.2) is 5.96 Å². The van der Waals surface area contributed by atoms with E-state index in [-0.39, 0.29) is 60.4 Å². The first kappa shape index (κ1) is 29.4. The van der Waals surface area contributed by atoms with Gasteiger partial charge in [-0.2, -0.15) is 0 Å². The number of amides is 1. The summed E-state index contributed by atoms with van der Waals surface area (Å²) in [6.07, 6.45) is 0.0795. The average molecular weight is 570 g/mol. The highest BCUT2D eigenvalue weighted by molar-refractivity contribution is 14.0. The number of guanidine groups is 1. The van der Waals surface area contributed by atoms with Crippen molar-refractivity contribution in [1.82, 2.24) is 15.4 Å². The number of ether oxygens (including phenoxy) is 1. The maximum atomic E-state index is 12.1. The largest absolute Gasteiger partial charge is 0.491 e. The zero-order valence-electron chi connectivity index (χ0n) is 19.1. The summed E-state index contributed by atoms with van der Waals surface area (Å²) in [5.74, 6) is 0.924. The average Bonchev–Trinajstić information content (AvgIpc) is 2.62. The van der Waals surface area contributed by atoms with Crippen molar-refractivity contribution >= 4 is 51.6 Å². The minimum atomic E-state index is -3.27. The lowest BCUT2D eigenvalue weighted by molar-refractivity contribution is -0.121. The number of nitrogens with zero attached hydrogens (tertiary/aromatic N) is 1. The lowest BCUT2D eigenvalue weighted by atomic mass is 10.1. The zero-order chi connectivity index (χ0) is 22.8. The molecule has 0 saturated heterocycles. The van der Waals surface area contributed by atoms with Crippen molar-refractivity contribution < 1.29 is 17.9 Å². The third-order valence-electron chi connectivity index (χ3n) is 3.50. The molecule has 0 aliphatic carbocycles. The summed E-state index contributed by atoms with van der Waals surface area (Å²) in [6, 6.07) is 7.34. The Morgan fingerprint density at radius 1 is 1.13 bits per heavy atom. The Kier molecular flexibility index (Phi) is 13.0. The van der Waals surface area contributed by atoms with Crippen LogP contribution in [0.25, 0.3) is 0 Å². The lowest BCUT2D eigenvalue weighted by Gasteiger charge is -2.20. The molecule has 1 aromatic rings. The maximum Gasteiger partial charge on any atom is 0.242 e. The Morgan fingerprint density at radius 3 is 2.26 bits per heavy atom. The molecule has 0 aliphatic heterocycles. The number of anilines is 1. The van der Waals surface area contributed by atoms with Crippen LogP contribution < -0.4 is 25.4 Å². The van der Waals surface area contributed by atoms with Crippen molar-refractivity contribution in [2.75, 3.05) is 30.7 Å². The van der Waals surface area contributed by atoms with Crippen LogP contribution in [0.3, 0.4) is 0 Å². The Labute approximate surface area is 203 Å². The zero-order valence-corrected chi connectivity index (χ0v) is 22.3. The fourth-order valence-electron chi connectivity index (χ4n) is 2.26. The Morgan fingerprint density at radius 2 is 1.74 bits per heavy atom. The van der Waals surface area contributed by atoms with E-state index in [4.69, 9.17) is 4.74 Å². The van der Waals surface area contributed by atoms with Crippen molar-refractivity contribution in [3.05, 3.63) is 24.3 Å². The first-order valence-electron chi connectivity index (χ1n) is 10.0. The molecule has 0 saturated carbocycles. The van der Waals surface area contributed by atoms with Gasteiger partial charge >= 0.3 is 0 Å². The van der Waals surface area contributed by atoms with Gasteiger partial charge in [0.25, 0.3) is 0 Å². The minimum Gasteiger partial charge on any atom is -0.491 e. The van der Waals surface area contributed by atoms with Crippen molar-refractivity contribution in [1.29, 1.82) is 0 Å². The molecule has 1 amide bonds. The molecular weight excluding hydrogens is 533 g/mol. The van der Waals surface area contributed by atoms with Crippen LogP contribution in [-0.2, 0) is 14.8 Å². The summed E-state index contributed by atoms with van der Waals surface area (Å²) in [5.41, 5.74) is 0.404. The molecule has 0 heterocycles. The molecular formula is C20H36IN5O4S. The molecule has 1 aromatic carbocycles. The standard InChI is InChI=1S/C20H35N5O4S.HI/c1-7-30(27,28)23-13-12-21-19(22-14-18(26)25-20(4,5)6)24-16-8-10-17(11-9-16)29-15(2)3;/h8-11,15,23H,7,12-14H2,1-6H3,(H,25,26)(H2,21,22,24);1H. The normalized spacial score (nSPS) is 12.2. The van der Waals surface area contributed by atoms with Gasteiger partial charge in [0.05, 0.1) is 11.9 Å². The fourth-order valence-corrected chi connectivity index (χ4v) is 2.88. The van der Waals surface area contributed by atoms with Gasteiger partial charge in [-0.25, -0.2) is 18.1 Å². The molecule has 0 aromatic heterocycles. The van der Waals surface area contributed by atoms with Gasteiger partial charge in [-0.1, -0.05) is 0 Å². The van der Waals surface area contributed by atoms with E-state index in [1.165, 1.54) is 0 Å². The van der Waals surface area contributed by atoms with Gasteiger partial charge in [-0.3, -0.25) is 4.79 Å². The highest BCUT2D eigenvalue weighted by Gasteiger charge is 2.13. The molecule has 11 heteroatoms. The van der Waals surface area contributed by atoms with Gasteiger partial charge in [0.2, 0.25) is 15.9 Å². The fraction of sp³-hybridized carbons (Fsp3) is 0.600. The molecule has 0 unspecified atom stereocenters. The Hall–Kier alpha value is -1.60. The number of hydrogen-bond donors (Lipinski definition) is 4. The van der Waals surface area contributed by atoms with E-state index in [1.807, 2.05) is 58.9 Å².